The van der Waals surface area contributed by atoms with E-state index in [1.807, 2.05) is 0 Å². The fraction of sp³-hybridized carbons (Fsp3) is 0.100. The number of anilines is 1. The second-order valence-electron chi connectivity index (χ2n) is 3.41. The molecule has 0 bridgehead atoms. The lowest BCUT2D eigenvalue weighted by Gasteiger charge is -2.06. The second-order valence-corrected chi connectivity index (χ2v) is 6.34. The van der Waals surface area contributed by atoms with E-state index in [1.54, 1.807) is 5.51 Å². The van der Waals surface area contributed by atoms with Gasteiger partial charge >= 0.3 is 0 Å². The first-order chi connectivity index (χ1) is 7.99. The van der Waals surface area contributed by atoms with Gasteiger partial charge in [0, 0.05) is 11.1 Å². The number of aromatic nitrogens is 1. The van der Waals surface area contributed by atoms with Gasteiger partial charge in [-0.1, -0.05) is 0 Å². The molecular weight excluding hydrogens is 263 g/mol. The first-order valence-corrected chi connectivity index (χ1v) is 7.17. The predicted molar refractivity (Wildman–Crippen MR) is 63.8 cm³/mol. The highest BCUT2D eigenvalue weighted by Gasteiger charge is 2.19. The Bertz CT molecular complexity index is 624. The number of nitrogen functional groups attached to an aromatic ring is 1. The van der Waals surface area contributed by atoms with Crippen molar-refractivity contribution in [2.24, 2.45) is 0 Å². The van der Waals surface area contributed by atoms with Gasteiger partial charge in [0.15, 0.2) is 9.84 Å². The van der Waals surface area contributed by atoms with Crippen molar-refractivity contribution in [1.82, 2.24) is 4.98 Å². The summed E-state index contributed by atoms with van der Waals surface area (Å²) in [6, 6.07) is 3.31. The highest BCUT2D eigenvalue weighted by molar-refractivity contribution is 7.91. The summed E-state index contributed by atoms with van der Waals surface area (Å²) in [7, 11) is -3.63. The SMILES string of the molecule is Nc1ccc(F)cc1S(=O)(=O)Cc1cncs1. The number of benzene rings is 1. The van der Waals surface area contributed by atoms with Gasteiger partial charge in [-0.3, -0.25) is 4.98 Å². The summed E-state index contributed by atoms with van der Waals surface area (Å²) in [6.45, 7) is 0. The molecule has 7 heteroatoms. The van der Waals surface area contributed by atoms with Crippen LogP contribution in [0.15, 0.2) is 34.8 Å². The lowest BCUT2D eigenvalue weighted by atomic mass is 10.3. The normalized spacial score (nSPS) is 11.6. The lowest BCUT2D eigenvalue weighted by molar-refractivity contribution is 0.591. The van der Waals surface area contributed by atoms with E-state index in [9.17, 15) is 12.8 Å². The van der Waals surface area contributed by atoms with E-state index in [0.29, 0.717) is 4.88 Å². The van der Waals surface area contributed by atoms with Crippen LogP contribution in [-0.2, 0) is 15.6 Å². The monoisotopic (exact) mass is 272 g/mol. The van der Waals surface area contributed by atoms with Crippen LogP contribution in [-0.4, -0.2) is 13.4 Å². The number of hydrogen-bond donors (Lipinski definition) is 1. The molecular formula is C10H9FN2O2S2. The van der Waals surface area contributed by atoms with Gasteiger partial charge in [-0.2, -0.15) is 0 Å². The minimum atomic E-state index is -3.63. The molecule has 1 heterocycles. The summed E-state index contributed by atoms with van der Waals surface area (Å²) in [5.41, 5.74) is 7.14. The summed E-state index contributed by atoms with van der Waals surface area (Å²) < 4.78 is 37.0. The fourth-order valence-electron chi connectivity index (χ4n) is 1.36. The van der Waals surface area contributed by atoms with Gasteiger partial charge in [0.25, 0.3) is 0 Å². The molecule has 2 N–H and O–H groups in total. The van der Waals surface area contributed by atoms with E-state index >= 15 is 0 Å². The zero-order chi connectivity index (χ0) is 12.5. The summed E-state index contributed by atoms with van der Waals surface area (Å²) in [5.74, 6) is -0.840. The Morgan fingerprint density at radius 1 is 1.41 bits per heavy atom. The van der Waals surface area contributed by atoms with Crippen LogP contribution in [0.2, 0.25) is 0 Å². The Labute approximate surface area is 102 Å². The fourth-order valence-corrected chi connectivity index (χ4v) is 3.80. The molecule has 0 spiro atoms. The number of hydrogen-bond acceptors (Lipinski definition) is 5. The van der Waals surface area contributed by atoms with Gasteiger partial charge in [0.2, 0.25) is 0 Å². The molecule has 0 unspecified atom stereocenters. The van der Waals surface area contributed by atoms with Crippen LogP contribution in [0.1, 0.15) is 4.88 Å². The van der Waals surface area contributed by atoms with E-state index in [0.717, 1.165) is 12.1 Å². The number of thiazole rings is 1. The average molecular weight is 272 g/mol. The molecule has 0 atom stereocenters. The van der Waals surface area contributed by atoms with E-state index in [2.05, 4.69) is 4.98 Å². The largest absolute Gasteiger partial charge is 0.398 e. The maximum absolute atomic E-state index is 13.0. The first-order valence-electron chi connectivity index (χ1n) is 4.64. The molecule has 17 heavy (non-hydrogen) atoms. The minimum Gasteiger partial charge on any atom is -0.398 e. The van der Waals surface area contributed by atoms with Crippen molar-refractivity contribution in [2.45, 2.75) is 10.6 Å². The first kappa shape index (κ1) is 12.0. The molecule has 0 aliphatic carbocycles. The molecule has 4 nitrogen and oxygen atoms in total. The molecule has 0 amide bonds. The van der Waals surface area contributed by atoms with Gasteiger partial charge in [0.05, 0.1) is 21.8 Å². The molecule has 2 rings (SSSR count). The van der Waals surface area contributed by atoms with Crippen molar-refractivity contribution in [3.63, 3.8) is 0 Å². The third-order valence-corrected chi connectivity index (χ3v) is 4.80. The highest BCUT2D eigenvalue weighted by Crippen LogP contribution is 2.24. The molecule has 0 saturated carbocycles. The lowest BCUT2D eigenvalue weighted by Crippen LogP contribution is -2.07. The van der Waals surface area contributed by atoms with Crippen LogP contribution in [0.25, 0.3) is 0 Å². The number of halogens is 1. The van der Waals surface area contributed by atoms with Gasteiger partial charge in [0.1, 0.15) is 5.82 Å². The van der Waals surface area contributed by atoms with Crippen molar-refractivity contribution in [1.29, 1.82) is 0 Å². The van der Waals surface area contributed by atoms with Crippen molar-refractivity contribution < 1.29 is 12.8 Å². The van der Waals surface area contributed by atoms with Crippen molar-refractivity contribution in [2.75, 3.05) is 5.73 Å². The smallest absolute Gasteiger partial charge is 0.185 e. The Hall–Kier alpha value is -1.47. The van der Waals surface area contributed by atoms with Crippen molar-refractivity contribution >= 4 is 26.9 Å². The van der Waals surface area contributed by atoms with Crippen LogP contribution in [0.5, 0.6) is 0 Å². The maximum Gasteiger partial charge on any atom is 0.185 e. The van der Waals surface area contributed by atoms with Crippen molar-refractivity contribution in [3.05, 3.63) is 40.6 Å². The summed E-state index contributed by atoms with van der Waals surface area (Å²) in [4.78, 5) is 4.21. The van der Waals surface area contributed by atoms with Crippen LogP contribution in [0, 0.1) is 5.82 Å². The van der Waals surface area contributed by atoms with Crippen molar-refractivity contribution in [3.8, 4) is 0 Å². The van der Waals surface area contributed by atoms with Gasteiger partial charge in [-0.15, -0.1) is 11.3 Å². The van der Waals surface area contributed by atoms with Crippen LogP contribution >= 0.6 is 11.3 Å². The Morgan fingerprint density at radius 2 is 2.18 bits per heavy atom. The minimum absolute atomic E-state index is 0.0518. The number of nitrogens with two attached hydrogens (primary N) is 1. The maximum atomic E-state index is 13.0. The number of nitrogens with zero attached hydrogens (tertiary/aromatic N) is 1. The predicted octanol–water partition coefficient (Wildman–Crippen LogP) is 1.84. The summed E-state index contributed by atoms with van der Waals surface area (Å²) in [5, 5.41) is 0. The van der Waals surface area contributed by atoms with Gasteiger partial charge < -0.3 is 5.73 Å². The van der Waals surface area contributed by atoms with Gasteiger partial charge in [-0.05, 0) is 18.2 Å². The number of sulfone groups is 1. The van der Waals surface area contributed by atoms with E-state index in [4.69, 9.17) is 5.73 Å². The van der Waals surface area contributed by atoms with Crippen LogP contribution in [0.3, 0.4) is 0 Å². The van der Waals surface area contributed by atoms with E-state index in [1.165, 1.54) is 23.6 Å². The Kier molecular flexibility index (Phi) is 3.12. The third-order valence-electron chi connectivity index (χ3n) is 2.13. The van der Waals surface area contributed by atoms with Crippen LogP contribution in [0.4, 0.5) is 10.1 Å². The topological polar surface area (TPSA) is 73.1 Å². The molecule has 0 radical (unpaired) electrons. The van der Waals surface area contributed by atoms with Gasteiger partial charge in [-0.25, -0.2) is 12.8 Å². The highest BCUT2D eigenvalue weighted by atomic mass is 32.2. The second kappa shape index (κ2) is 4.42. The molecule has 0 fully saturated rings. The molecule has 1 aromatic carbocycles. The molecule has 2 aromatic rings. The molecule has 0 saturated heterocycles. The Balaban J connectivity index is 2.41. The zero-order valence-electron chi connectivity index (χ0n) is 8.63. The molecule has 90 valence electrons. The zero-order valence-corrected chi connectivity index (χ0v) is 10.3. The Morgan fingerprint density at radius 3 is 2.82 bits per heavy atom. The standard InChI is InChI=1S/C10H9FN2O2S2/c11-7-1-2-9(12)10(3-7)17(14,15)5-8-4-13-6-16-8/h1-4,6H,5,12H2. The molecule has 0 aliphatic rings. The summed E-state index contributed by atoms with van der Waals surface area (Å²) in [6.07, 6.45) is 1.47. The number of rotatable bonds is 3. The van der Waals surface area contributed by atoms with Crippen LogP contribution < -0.4 is 5.73 Å². The average Bonchev–Trinajstić information content (AvgIpc) is 2.73. The third kappa shape index (κ3) is 2.62. The van der Waals surface area contributed by atoms with E-state index in [-0.39, 0.29) is 16.3 Å². The quantitative estimate of drug-likeness (QED) is 0.865. The molecule has 0 aliphatic heterocycles. The van der Waals surface area contributed by atoms with E-state index < -0.39 is 15.7 Å². The molecule has 1 aromatic heterocycles. The summed E-state index contributed by atoms with van der Waals surface area (Å²) >= 11 is 1.23.